The van der Waals surface area contributed by atoms with Crippen LogP contribution in [0.1, 0.15) is 36.6 Å². The molecule has 1 heterocycles. The molecule has 1 aliphatic rings. The lowest BCUT2D eigenvalue weighted by molar-refractivity contribution is 0.145. The lowest BCUT2D eigenvalue weighted by Gasteiger charge is -1.94. The molecule has 0 aromatic carbocycles. The van der Waals surface area contributed by atoms with E-state index in [9.17, 15) is 8.78 Å². The molecule has 0 atom stereocenters. The lowest BCUT2D eigenvalue weighted by atomic mass is 10.3. The summed E-state index contributed by atoms with van der Waals surface area (Å²) in [5, 5.41) is 6.27. The molecule has 0 radical (unpaired) electrons. The zero-order chi connectivity index (χ0) is 8.72. The van der Waals surface area contributed by atoms with Crippen LogP contribution in [0.15, 0.2) is 0 Å². The summed E-state index contributed by atoms with van der Waals surface area (Å²) in [7, 11) is 0. The largest absolute Gasteiger partial charge is 0.283 e. The molecule has 66 valence electrons. The van der Waals surface area contributed by atoms with Crippen molar-refractivity contribution in [1.29, 1.82) is 0 Å². The third-order valence-corrected chi connectivity index (χ3v) is 3.08. The highest BCUT2D eigenvalue weighted by Gasteiger charge is 2.30. The molecule has 1 fully saturated rings. The zero-order valence-corrected chi connectivity index (χ0v) is 8.31. The summed E-state index contributed by atoms with van der Waals surface area (Å²) in [5.41, 5.74) is 0.795. The number of nitrogens with one attached hydrogen (secondary N) is 1. The SMILES string of the molecule is FC(F)c1n[nH]c(C2CC2)c1I. The van der Waals surface area contributed by atoms with Gasteiger partial charge in [0.25, 0.3) is 6.43 Å². The van der Waals surface area contributed by atoms with E-state index in [1.165, 1.54) is 0 Å². The highest BCUT2D eigenvalue weighted by molar-refractivity contribution is 14.1. The second-order valence-corrected chi connectivity index (χ2v) is 3.99. The molecule has 0 saturated heterocycles. The van der Waals surface area contributed by atoms with Crippen molar-refractivity contribution >= 4 is 22.6 Å². The number of hydrogen-bond acceptors (Lipinski definition) is 1. The molecule has 2 rings (SSSR count). The Balaban J connectivity index is 2.33. The van der Waals surface area contributed by atoms with Crippen LogP contribution in [0.25, 0.3) is 0 Å². The summed E-state index contributed by atoms with van der Waals surface area (Å²) in [6.45, 7) is 0. The Kier molecular flexibility index (Phi) is 2.05. The molecule has 0 unspecified atom stereocenters. The summed E-state index contributed by atoms with van der Waals surface area (Å²) in [6.07, 6.45) is -0.262. The third kappa shape index (κ3) is 1.34. The van der Waals surface area contributed by atoms with Gasteiger partial charge in [-0.05, 0) is 35.4 Å². The highest BCUT2D eigenvalue weighted by Crippen LogP contribution is 2.42. The van der Waals surface area contributed by atoms with Crippen molar-refractivity contribution in [2.75, 3.05) is 0 Å². The van der Waals surface area contributed by atoms with E-state index in [0.29, 0.717) is 9.49 Å². The van der Waals surface area contributed by atoms with Crippen LogP contribution in [0.3, 0.4) is 0 Å². The van der Waals surface area contributed by atoms with E-state index < -0.39 is 6.43 Å². The molecular formula is C7H7F2IN2. The zero-order valence-electron chi connectivity index (χ0n) is 6.15. The fraction of sp³-hybridized carbons (Fsp3) is 0.571. The molecule has 1 saturated carbocycles. The highest BCUT2D eigenvalue weighted by atomic mass is 127. The molecule has 0 aliphatic heterocycles. The first-order chi connectivity index (χ1) is 5.70. The number of nitrogens with zero attached hydrogens (tertiary/aromatic N) is 1. The van der Waals surface area contributed by atoms with Gasteiger partial charge in [-0.15, -0.1) is 0 Å². The van der Waals surface area contributed by atoms with Crippen LogP contribution in [0.2, 0.25) is 0 Å². The predicted molar refractivity (Wildman–Crippen MR) is 48.2 cm³/mol. The number of rotatable bonds is 2. The predicted octanol–water partition coefficient (Wildman–Crippen LogP) is 2.83. The molecule has 0 spiro atoms. The van der Waals surface area contributed by atoms with Gasteiger partial charge in [0.15, 0.2) is 0 Å². The molecule has 1 aromatic rings. The minimum absolute atomic E-state index is 0.0995. The van der Waals surface area contributed by atoms with E-state index >= 15 is 0 Å². The summed E-state index contributed by atoms with van der Waals surface area (Å²) in [4.78, 5) is 0. The Bertz CT molecular complexity index is 274. The summed E-state index contributed by atoms with van der Waals surface area (Å²) >= 11 is 1.93. The quantitative estimate of drug-likeness (QED) is 0.831. The average molecular weight is 284 g/mol. The van der Waals surface area contributed by atoms with E-state index in [2.05, 4.69) is 10.2 Å². The lowest BCUT2D eigenvalue weighted by Crippen LogP contribution is -1.87. The van der Waals surface area contributed by atoms with Crippen LogP contribution >= 0.6 is 22.6 Å². The van der Waals surface area contributed by atoms with E-state index in [1.54, 1.807) is 0 Å². The van der Waals surface area contributed by atoms with E-state index in [-0.39, 0.29) is 5.69 Å². The first kappa shape index (κ1) is 8.40. The maximum absolute atomic E-state index is 12.2. The number of aromatic nitrogens is 2. The number of aromatic amines is 1. The average Bonchev–Trinajstić information content (AvgIpc) is 2.75. The van der Waals surface area contributed by atoms with Gasteiger partial charge in [0.1, 0.15) is 5.69 Å². The number of halogens is 3. The molecule has 1 aromatic heterocycles. The standard InChI is InChI=1S/C7H7F2IN2/c8-7(9)6-4(10)5(11-12-6)3-1-2-3/h3,7H,1-2H2,(H,11,12). The van der Waals surface area contributed by atoms with Crippen molar-refractivity contribution < 1.29 is 8.78 Å². The van der Waals surface area contributed by atoms with Gasteiger partial charge in [0, 0.05) is 5.92 Å². The number of hydrogen-bond donors (Lipinski definition) is 1. The second-order valence-electron chi connectivity index (χ2n) is 2.91. The van der Waals surface area contributed by atoms with Crippen LogP contribution in [0, 0.1) is 3.57 Å². The van der Waals surface area contributed by atoms with Gasteiger partial charge in [-0.2, -0.15) is 5.10 Å². The van der Waals surface area contributed by atoms with Gasteiger partial charge in [-0.25, -0.2) is 8.78 Å². The topological polar surface area (TPSA) is 28.7 Å². The van der Waals surface area contributed by atoms with Crippen molar-refractivity contribution in [2.45, 2.75) is 25.2 Å². The van der Waals surface area contributed by atoms with Crippen molar-refractivity contribution in [2.24, 2.45) is 0 Å². The van der Waals surface area contributed by atoms with E-state index in [4.69, 9.17) is 0 Å². The molecule has 1 aliphatic carbocycles. The van der Waals surface area contributed by atoms with E-state index in [0.717, 1.165) is 18.5 Å². The maximum atomic E-state index is 12.2. The Morgan fingerprint density at radius 1 is 1.50 bits per heavy atom. The summed E-state index contributed by atoms with van der Waals surface area (Å²) in [5.74, 6) is 0.455. The molecule has 12 heavy (non-hydrogen) atoms. The first-order valence-corrected chi connectivity index (χ1v) is 4.80. The van der Waals surface area contributed by atoms with Crippen LogP contribution in [-0.2, 0) is 0 Å². The van der Waals surface area contributed by atoms with Gasteiger partial charge in [-0.3, -0.25) is 5.10 Å². The molecule has 0 amide bonds. The number of H-pyrrole nitrogens is 1. The third-order valence-electron chi connectivity index (χ3n) is 1.95. The normalized spacial score (nSPS) is 17.3. The monoisotopic (exact) mass is 284 g/mol. The Morgan fingerprint density at radius 2 is 2.17 bits per heavy atom. The minimum Gasteiger partial charge on any atom is -0.281 e. The van der Waals surface area contributed by atoms with Gasteiger partial charge in [-0.1, -0.05) is 0 Å². The molecule has 0 bridgehead atoms. The maximum Gasteiger partial charge on any atom is 0.283 e. The molecule has 5 heteroatoms. The molecular weight excluding hydrogens is 277 g/mol. The van der Waals surface area contributed by atoms with Gasteiger partial charge in [0.2, 0.25) is 0 Å². The fourth-order valence-electron chi connectivity index (χ4n) is 1.14. The fourth-order valence-corrected chi connectivity index (χ4v) is 2.06. The molecule has 2 nitrogen and oxygen atoms in total. The van der Waals surface area contributed by atoms with Crippen LogP contribution in [0.4, 0.5) is 8.78 Å². The van der Waals surface area contributed by atoms with Crippen LogP contribution in [0.5, 0.6) is 0 Å². The van der Waals surface area contributed by atoms with Crippen LogP contribution in [-0.4, -0.2) is 10.2 Å². The summed E-state index contributed by atoms with van der Waals surface area (Å²) < 4.78 is 25.1. The van der Waals surface area contributed by atoms with Gasteiger partial charge >= 0.3 is 0 Å². The Labute approximate surface area is 81.9 Å². The van der Waals surface area contributed by atoms with Crippen molar-refractivity contribution in [1.82, 2.24) is 10.2 Å². The van der Waals surface area contributed by atoms with Gasteiger partial charge < -0.3 is 0 Å². The molecule has 1 N–H and O–H groups in total. The van der Waals surface area contributed by atoms with Crippen LogP contribution < -0.4 is 0 Å². The summed E-state index contributed by atoms with van der Waals surface area (Å²) in [6, 6.07) is 0. The Morgan fingerprint density at radius 3 is 2.58 bits per heavy atom. The van der Waals surface area contributed by atoms with Crippen molar-refractivity contribution in [3.63, 3.8) is 0 Å². The number of alkyl halides is 2. The minimum atomic E-state index is -2.46. The Hall–Kier alpha value is -0.200. The van der Waals surface area contributed by atoms with Crippen molar-refractivity contribution in [3.05, 3.63) is 15.0 Å². The van der Waals surface area contributed by atoms with Crippen molar-refractivity contribution in [3.8, 4) is 0 Å². The first-order valence-electron chi connectivity index (χ1n) is 3.72. The smallest absolute Gasteiger partial charge is 0.281 e. The van der Waals surface area contributed by atoms with Gasteiger partial charge in [0.05, 0.1) is 9.26 Å². The second kappa shape index (κ2) is 2.93. The van der Waals surface area contributed by atoms with E-state index in [1.807, 2.05) is 22.6 Å².